The summed E-state index contributed by atoms with van der Waals surface area (Å²) in [7, 11) is 0. The van der Waals surface area contributed by atoms with Gasteiger partial charge in [-0.1, -0.05) is 24.3 Å². The number of nitrogens with two attached hydrogens (primary N) is 1. The molecule has 2 aromatic heterocycles. The fraction of sp³-hybridized carbons (Fsp3) is 0.0769. The predicted molar refractivity (Wildman–Crippen MR) is 70.0 cm³/mol. The lowest BCUT2D eigenvalue weighted by Gasteiger charge is -2.02. The molecule has 0 amide bonds. The van der Waals surface area contributed by atoms with E-state index in [2.05, 4.69) is 15.0 Å². The fourth-order valence-electron chi connectivity index (χ4n) is 1.91. The molecular formula is C13H12N4O. The van der Waals surface area contributed by atoms with Crippen LogP contribution in [-0.2, 0) is 6.54 Å². The molecule has 0 radical (unpaired) electrons. The molecule has 0 bridgehead atoms. The normalized spacial score (nSPS) is 10.9. The van der Waals surface area contributed by atoms with Crippen LogP contribution in [-0.4, -0.2) is 15.0 Å². The van der Waals surface area contributed by atoms with E-state index in [0.29, 0.717) is 17.7 Å². The van der Waals surface area contributed by atoms with Gasteiger partial charge in [0.05, 0.1) is 5.52 Å². The van der Waals surface area contributed by atoms with Gasteiger partial charge in [-0.05, 0) is 17.2 Å². The van der Waals surface area contributed by atoms with Crippen LogP contribution < -0.4 is 11.4 Å². The van der Waals surface area contributed by atoms with E-state index in [4.69, 9.17) is 5.73 Å². The number of aromatic amines is 2. The average molecular weight is 240 g/mol. The van der Waals surface area contributed by atoms with Crippen molar-refractivity contribution in [1.29, 1.82) is 0 Å². The monoisotopic (exact) mass is 240 g/mol. The van der Waals surface area contributed by atoms with Crippen LogP contribution in [0.15, 0.2) is 41.3 Å². The van der Waals surface area contributed by atoms with Crippen molar-refractivity contribution >= 4 is 11.2 Å². The molecule has 0 unspecified atom stereocenters. The van der Waals surface area contributed by atoms with Crippen LogP contribution in [0.4, 0.5) is 0 Å². The zero-order valence-electron chi connectivity index (χ0n) is 9.60. The van der Waals surface area contributed by atoms with E-state index in [-0.39, 0.29) is 5.69 Å². The van der Waals surface area contributed by atoms with E-state index in [9.17, 15) is 4.79 Å². The van der Waals surface area contributed by atoms with Gasteiger partial charge in [0.25, 0.3) is 0 Å². The van der Waals surface area contributed by atoms with Crippen LogP contribution in [0.25, 0.3) is 22.3 Å². The van der Waals surface area contributed by atoms with E-state index < -0.39 is 0 Å². The van der Waals surface area contributed by atoms with Gasteiger partial charge in [-0.3, -0.25) is 4.98 Å². The number of H-pyrrole nitrogens is 2. The van der Waals surface area contributed by atoms with E-state index in [1.807, 2.05) is 30.3 Å². The molecule has 0 saturated carbocycles. The summed E-state index contributed by atoms with van der Waals surface area (Å²) in [5.74, 6) is 0. The second-order valence-electron chi connectivity index (χ2n) is 4.10. The second kappa shape index (κ2) is 4.12. The summed E-state index contributed by atoms with van der Waals surface area (Å²) < 4.78 is 0. The molecule has 3 rings (SSSR count). The van der Waals surface area contributed by atoms with Gasteiger partial charge in [-0.15, -0.1) is 0 Å². The third-order valence-electron chi connectivity index (χ3n) is 2.89. The summed E-state index contributed by atoms with van der Waals surface area (Å²) in [6, 6.07) is 9.86. The number of hydrogen-bond acceptors (Lipinski definition) is 3. The summed E-state index contributed by atoms with van der Waals surface area (Å²) in [6.07, 6.45) is 1.74. The third kappa shape index (κ3) is 1.80. The maximum absolute atomic E-state index is 11.2. The molecule has 1 aromatic carbocycles. The smallest absolute Gasteiger partial charge is 0.325 e. The van der Waals surface area contributed by atoms with E-state index >= 15 is 0 Å². The van der Waals surface area contributed by atoms with Gasteiger partial charge < -0.3 is 10.7 Å². The molecule has 4 N–H and O–H groups in total. The molecule has 0 atom stereocenters. The van der Waals surface area contributed by atoms with Crippen LogP contribution in [0.2, 0.25) is 0 Å². The molecule has 0 fully saturated rings. The molecule has 0 aliphatic carbocycles. The van der Waals surface area contributed by atoms with Gasteiger partial charge in [0.1, 0.15) is 0 Å². The highest BCUT2D eigenvalue weighted by atomic mass is 16.1. The number of rotatable bonds is 2. The number of hydrogen-bond donors (Lipinski definition) is 3. The summed E-state index contributed by atoms with van der Waals surface area (Å²) in [5.41, 5.74) is 9.69. The number of nitrogens with one attached hydrogen (secondary N) is 2. The van der Waals surface area contributed by atoms with Crippen molar-refractivity contribution in [3.05, 3.63) is 52.6 Å². The summed E-state index contributed by atoms with van der Waals surface area (Å²) in [4.78, 5) is 20.7. The number of fused-ring (bicyclic) bond motifs is 1. The Morgan fingerprint density at radius 1 is 1.11 bits per heavy atom. The molecule has 0 aliphatic rings. The number of pyridine rings is 1. The van der Waals surface area contributed by atoms with Gasteiger partial charge >= 0.3 is 5.69 Å². The van der Waals surface area contributed by atoms with E-state index in [1.54, 1.807) is 6.20 Å². The minimum atomic E-state index is -0.242. The predicted octanol–water partition coefficient (Wildman–Crippen LogP) is 1.38. The fourth-order valence-corrected chi connectivity index (χ4v) is 1.91. The Morgan fingerprint density at radius 3 is 2.61 bits per heavy atom. The van der Waals surface area contributed by atoms with E-state index in [1.165, 1.54) is 0 Å². The van der Waals surface area contributed by atoms with Gasteiger partial charge in [0.15, 0.2) is 5.65 Å². The summed E-state index contributed by atoms with van der Waals surface area (Å²) >= 11 is 0. The van der Waals surface area contributed by atoms with Crippen LogP contribution in [0.1, 0.15) is 5.56 Å². The lowest BCUT2D eigenvalue weighted by atomic mass is 10.1. The van der Waals surface area contributed by atoms with Gasteiger partial charge in [0.2, 0.25) is 0 Å². The first-order chi connectivity index (χ1) is 8.76. The molecular weight excluding hydrogens is 228 g/mol. The highest BCUT2D eigenvalue weighted by Gasteiger charge is 2.03. The Kier molecular flexibility index (Phi) is 2.46. The van der Waals surface area contributed by atoms with E-state index in [0.717, 1.165) is 16.7 Å². The first kappa shape index (κ1) is 10.7. The van der Waals surface area contributed by atoms with Gasteiger partial charge in [0, 0.05) is 18.3 Å². The van der Waals surface area contributed by atoms with Crippen molar-refractivity contribution in [3.63, 3.8) is 0 Å². The Balaban J connectivity index is 2.09. The van der Waals surface area contributed by atoms with Crippen LogP contribution >= 0.6 is 0 Å². The third-order valence-corrected chi connectivity index (χ3v) is 2.89. The van der Waals surface area contributed by atoms with Crippen LogP contribution in [0.3, 0.4) is 0 Å². The molecule has 0 spiro atoms. The van der Waals surface area contributed by atoms with Crippen molar-refractivity contribution in [1.82, 2.24) is 15.0 Å². The van der Waals surface area contributed by atoms with Crippen molar-refractivity contribution in [3.8, 4) is 11.1 Å². The quantitative estimate of drug-likeness (QED) is 0.632. The maximum atomic E-state index is 11.2. The van der Waals surface area contributed by atoms with Crippen molar-refractivity contribution < 1.29 is 0 Å². The van der Waals surface area contributed by atoms with Crippen LogP contribution in [0.5, 0.6) is 0 Å². The highest BCUT2D eigenvalue weighted by molar-refractivity contribution is 5.77. The molecule has 0 saturated heterocycles. The molecule has 3 aromatic rings. The van der Waals surface area contributed by atoms with Crippen LogP contribution in [0, 0.1) is 0 Å². The highest BCUT2D eigenvalue weighted by Crippen LogP contribution is 2.21. The Labute approximate surface area is 103 Å². The number of nitrogens with zero attached hydrogens (tertiary/aromatic N) is 1. The first-order valence-electron chi connectivity index (χ1n) is 5.64. The molecule has 5 heteroatoms. The second-order valence-corrected chi connectivity index (χ2v) is 4.10. The van der Waals surface area contributed by atoms with Crippen molar-refractivity contribution in [2.45, 2.75) is 6.54 Å². The number of aromatic nitrogens is 3. The van der Waals surface area contributed by atoms with Crippen molar-refractivity contribution in [2.75, 3.05) is 0 Å². The molecule has 18 heavy (non-hydrogen) atoms. The van der Waals surface area contributed by atoms with Gasteiger partial charge in [-0.2, -0.15) is 0 Å². The minimum Gasteiger partial charge on any atom is -0.326 e. The lowest BCUT2D eigenvalue weighted by molar-refractivity contribution is 1.07. The largest absolute Gasteiger partial charge is 0.326 e. The average Bonchev–Trinajstić information content (AvgIpc) is 2.78. The Hall–Kier alpha value is -2.40. The molecule has 0 aliphatic heterocycles. The zero-order chi connectivity index (χ0) is 12.5. The van der Waals surface area contributed by atoms with Gasteiger partial charge in [-0.25, -0.2) is 9.78 Å². The number of benzene rings is 1. The molecule has 5 nitrogen and oxygen atoms in total. The maximum Gasteiger partial charge on any atom is 0.325 e. The molecule has 2 heterocycles. The van der Waals surface area contributed by atoms with Crippen molar-refractivity contribution in [2.24, 2.45) is 5.73 Å². The Morgan fingerprint density at radius 2 is 1.89 bits per heavy atom. The minimum absolute atomic E-state index is 0.242. The standard InChI is InChI=1S/C13H12N4O/c14-6-8-1-3-9(4-2-8)10-5-11-12(15-7-10)17-13(18)16-11/h1-5,7H,6,14H2,(H2,15,16,17,18). The summed E-state index contributed by atoms with van der Waals surface area (Å²) in [5, 5.41) is 0. The Bertz CT molecular complexity index is 740. The first-order valence-corrected chi connectivity index (χ1v) is 5.64. The molecule has 90 valence electrons. The lowest BCUT2D eigenvalue weighted by Crippen LogP contribution is -1.99. The topological polar surface area (TPSA) is 87.6 Å². The zero-order valence-corrected chi connectivity index (χ0v) is 9.60. The SMILES string of the molecule is NCc1ccc(-c2cnc3[nH]c(=O)[nH]c3c2)cc1. The number of imidazole rings is 1. The summed E-state index contributed by atoms with van der Waals surface area (Å²) in [6.45, 7) is 0.530.